The van der Waals surface area contributed by atoms with Crippen molar-refractivity contribution in [3.05, 3.63) is 89.3 Å². The molecule has 1 aliphatic rings. The molecule has 1 aliphatic heterocycles. The molecule has 2 aromatic carbocycles. The van der Waals surface area contributed by atoms with Crippen LogP contribution in [0.4, 0.5) is 26.3 Å². The van der Waals surface area contributed by atoms with Gasteiger partial charge in [-0.2, -0.15) is 26.3 Å². The standard InChI is InChI=1S/C24H22F6N4O/c25-23(26,27)18-9-16(10-19(11-18)24(28,29)30)13-35-20-7-4-8-34(12-21-32-14-31-15-33-21)22(20)17-5-2-1-3-6-17/h1-3,5-6,9-11,14-15,20,22H,4,7-8,12-13H2/t20-,22-/m0/s1. The van der Waals surface area contributed by atoms with E-state index in [0.29, 0.717) is 37.5 Å². The molecule has 186 valence electrons. The van der Waals surface area contributed by atoms with Crippen molar-refractivity contribution in [2.45, 2.75) is 50.5 Å². The minimum Gasteiger partial charge on any atom is -0.372 e. The minimum atomic E-state index is -4.91. The summed E-state index contributed by atoms with van der Waals surface area (Å²) in [6.07, 6.45) is -6.16. The van der Waals surface area contributed by atoms with E-state index in [4.69, 9.17) is 4.74 Å². The highest BCUT2D eigenvalue weighted by molar-refractivity contribution is 5.33. The van der Waals surface area contributed by atoms with Crippen LogP contribution in [0.5, 0.6) is 0 Å². The smallest absolute Gasteiger partial charge is 0.372 e. The van der Waals surface area contributed by atoms with E-state index in [1.807, 2.05) is 30.3 Å². The van der Waals surface area contributed by atoms with Crippen molar-refractivity contribution in [3.8, 4) is 0 Å². The van der Waals surface area contributed by atoms with Crippen molar-refractivity contribution in [3.63, 3.8) is 0 Å². The summed E-state index contributed by atoms with van der Waals surface area (Å²) in [5.74, 6) is 0.550. The first kappa shape index (κ1) is 25.1. The third kappa shape index (κ3) is 6.34. The van der Waals surface area contributed by atoms with Crippen molar-refractivity contribution in [2.24, 2.45) is 0 Å². The molecule has 4 rings (SSSR count). The Balaban J connectivity index is 1.60. The van der Waals surface area contributed by atoms with Crippen LogP contribution < -0.4 is 0 Å². The number of nitrogens with zero attached hydrogens (tertiary/aromatic N) is 4. The van der Waals surface area contributed by atoms with E-state index in [-0.39, 0.29) is 24.3 Å². The average Bonchev–Trinajstić information content (AvgIpc) is 2.83. The number of hydrogen-bond donors (Lipinski definition) is 0. The molecule has 1 aromatic heterocycles. The van der Waals surface area contributed by atoms with Crippen molar-refractivity contribution < 1.29 is 31.1 Å². The van der Waals surface area contributed by atoms with Crippen molar-refractivity contribution in [1.29, 1.82) is 0 Å². The number of benzene rings is 2. The highest BCUT2D eigenvalue weighted by Crippen LogP contribution is 2.38. The van der Waals surface area contributed by atoms with Crippen molar-refractivity contribution in [1.82, 2.24) is 19.9 Å². The van der Waals surface area contributed by atoms with Crippen LogP contribution in [0.3, 0.4) is 0 Å². The molecule has 0 radical (unpaired) electrons. The number of piperidine rings is 1. The summed E-state index contributed by atoms with van der Waals surface area (Å²) < 4.78 is 85.5. The van der Waals surface area contributed by atoms with Gasteiger partial charge in [0.2, 0.25) is 0 Å². The molecular formula is C24H22F6N4O. The van der Waals surface area contributed by atoms with Gasteiger partial charge < -0.3 is 4.74 Å². The molecule has 1 fully saturated rings. The molecule has 0 amide bonds. The zero-order valence-electron chi connectivity index (χ0n) is 18.4. The Morgan fingerprint density at radius 1 is 0.886 bits per heavy atom. The topological polar surface area (TPSA) is 51.1 Å². The second-order valence-corrected chi connectivity index (χ2v) is 8.29. The Morgan fingerprint density at radius 3 is 2.11 bits per heavy atom. The first-order valence-corrected chi connectivity index (χ1v) is 10.9. The van der Waals surface area contributed by atoms with Crippen LogP contribution in [0.1, 0.15) is 47.0 Å². The SMILES string of the molecule is FC(F)(F)c1cc(CO[C@H]2CCCN(Cc3ncncn3)[C@H]2c2ccccc2)cc(C(F)(F)F)c1. The van der Waals surface area contributed by atoms with E-state index in [2.05, 4.69) is 19.9 Å². The van der Waals surface area contributed by atoms with Crippen LogP contribution in [0.15, 0.2) is 61.2 Å². The molecule has 0 aliphatic carbocycles. The van der Waals surface area contributed by atoms with Gasteiger partial charge in [-0.3, -0.25) is 4.90 Å². The summed E-state index contributed by atoms with van der Waals surface area (Å²) in [6, 6.07) is 10.7. The van der Waals surface area contributed by atoms with Crippen LogP contribution in [0.25, 0.3) is 0 Å². The number of hydrogen-bond acceptors (Lipinski definition) is 5. The van der Waals surface area contributed by atoms with E-state index < -0.39 is 29.6 Å². The summed E-state index contributed by atoms with van der Waals surface area (Å²) in [5, 5.41) is 0. The van der Waals surface area contributed by atoms with Crippen LogP contribution in [0.2, 0.25) is 0 Å². The fourth-order valence-corrected chi connectivity index (χ4v) is 4.29. The van der Waals surface area contributed by atoms with Gasteiger partial charge in [0.25, 0.3) is 0 Å². The van der Waals surface area contributed by atoms with Gasteiger partial charge >= 0.3 is 12.4 Å². The number of ether oxygens (including phenoxy) is 1. The summed E-state index contributed by atoms with van der Waals surface area (Å²) in [7, 11) is 0. The Bertz CT molecular complexity index is 1080. The van der Waals surface area contributed by atoms with Gasteiger partial charge in [0.1, 0.15) is 18.5 Å². The van der Waals surface area contributed by atoms with Crippen LogP contribution in [0, 0.1) is 0 Å². The lowest BCUT2D eigenvalue weighted by Crippen LogP contribution is -2.42. The normalized spacial score (nSPS) is 19.6. The molecular weight excluding hydrogens is 474 g/mol. The molecule has 0 N–H and O–H groups in total. The molecule has 0 unspecified atom stereocenters. The maximum Gasteiger partial charge on any atom is 0.416 e. The first-order valence-electron chi connectivity index (χ1n) is 10.9. The molecule has 35 heavy (non-hydrogen) atoms. The molecule has 0 saturated carbocycles. The van der Waals surface area contributed by atoms with Crippen LogP contribution in [-0.2, 0) is 30.2 Å². The summed E-state index contributed by atoms with van der Waals surface area (Å²) >= 11 is 0. The number of alkyl halides is 6. The Labute approximate surface area is 197 Å². The lowest BCUT2D eigenvalue weighted by molar-refractivity contribution is -0.143. The predicted molar refractivity (Wildman–Crippen MR) is 114 cm³/mol. The zero-order valence-corrected chi connectivity index (χ0v) is 18.4. The summed E-state index contributed by atoms with van der Waals surface area (Å²) in [6.45, 7) is 0.706. The minimum absolute atomic E-state index is 0.118. The Morgan fingerprint density at radius 2 is 1.51 bits per heavy atom. The van der Waals surface area contributed by atoms with E-state index in [1.54, 1.807) is 0 Å². The molecule has 2 atom stereocenters. The average molecular weight is 496 g/mol. The monoisotopic (exact) mass is 496 g/mol. The van der Waals surface area contributed by atoms with E-state index in [1.165, 1.54) is 12.7 Å². The quantitative estimate of drug-likeness (QED) is 0.402. The van der Waals surface area contributed by atoms with Gasteiger partial charge in [0, 0.05) is 0 Å². The molecule has 0 spiro atoms. The van der Waals surface area contributed by atoms with Gasteiger partial charge in [0.05, 0.1) is 36.4 Å². The molecule has 1 saturated heterocycles. The molecule has 2 heterocycles. The number of aromatic nitrogens is 3. The molecule has 3 aromatic rings. The van der Waals surface area contributed by atoms with E-state index >= 15 is 0 Å². The maximum absolute atomic E-state index is 13.2. The number of halogens is 6. The number of likely N-dealkylation sites (tertiary alicyclic amines) is 1. The third-order valence-electron chi connectivity index (χ3n) is 5.82. The van der Waals surface area contributed by atoms with Gasteiger partial charge in [-0.25, -0.2) is 15.0 Å². The lowest BCUT2D eigenvalue weighted by atomic mass is 9.92. The van der Waals surface area contributed by atoms with Gasteiger partial charge in [-0.15, -0.1) is 0 Å². The number of rotatable bonds is 6. The van der Waals surface area contributed by atoms with Gasteiger partial charge in [-0.05, 0) is 48.7 Å². The van der Waals surface area contributed by atoms with Crippen molar-refractivity contribution in [2.75, 3.05) is 6.54 Å². The second kappa shape index (κ2) is 10.3. The van der Waals surface area contributed by atoms with E-state index in [0.717, 1.165) is 12.0 Å². The van der Waals surface area contributed by atoms with Crippen LogP contribution >= 0.6 is 0 Å². The lowest BCUT2D eigenvalue weighted by Gasteiger charge is -2.41. The molecule has 0 bridgehead atoms. The zero-order chi connectivity index (χ0) is 25.1. The van der Waals surface area contributed by atoms with Gasteiger partial charge in [-0.1, -0.05) is 30.3 Å². The van der Waals surface area contributed by atoms with Crippen LogP contribution in [-0.4, -0.2) is 32.5 Å². The second-order valence-electron chi connectivity index (χ2n) is 8.29. The largest absolute Gasteiger partial charge is 0.416 e. The fraction of sp³-hybridized carbons (Fsp3) is 0.375. The molecule has 5 nitrogen and oxygen atoms in total. The highest BCUT2D eigenvalue weighted by Gasteiger charge is 2.38. The summed E-state index contributed by atoms with van der Waals surface area (Å²) in [5.41, 5.74) is -1.98. The Kier molecular flexibility index (Phi) is 7.36. The first-order chi connectivity index (χ1) is 16.6. The van der Waals surface area contributed by atoms with Crippen molar-refractivity contribution >= 4 is 0 Å². The highest BCUT2D eigenvalue weighted by atomic mass is 19.4. The summed E-state index contributed by atoms with van der Waals surface area (Å²) in [4.78, 5) is 14.3. The molecule has 11 heteroatoms. The predicted octanol–water partition coefficient (Wildman–Crippen LogP) is 5.83. The Hall–Kier alpha value is -3.05. The maximum atomic E-state index is 13.2. The van der Waals surface area contributed by atoms with E-state index in [9.17, 15) is 26.3 Å². The fourth-order valence-electron chi connectivity index (χ4n) is 4.29. The van der Waals surface area contributed by atoms with Gasteiger partial charge in [0.15, 0.2) is 0 Å². The third-order valence-corrected chi connectivity index (χ3v) is 5.82.